The molecule has 0 radical (unpaired) electrons. The summed E-state index contributed by atoms with van der Waals surface area (Å²) >= 11 is 3.16. The highest BCUT2D eigenvalue weighted by Crippen LogP contribution is 2.13. The lowest BCUT2D eigenvalue weighted by molar-refractivity contribution is 0.204. The monoisotopic (exact) mass is 294 g/mol. The first-order chi connectivity index (χ1) is 7.06. The minimum atomic E-state index is -3.48. The first-order valence-electron chi connectivity index (χ1n) is 4.15. The van der Waals surface area contributed by atoms with E-state index >= 15 is 0 Å². The molecule has 7 heteroatoms. The van der Waals surface area contributed by atoms with Crippen LogP contribution in [0.5, 0.6) is 0 Å². The summed E-state index contributed by atoms with van der Waals surface area (Å²) in [4.78, 5) is 3.91. The van der Waals surface area contributed by atoms with Gasteiger partial charge in [0, 0.05) is 30.5 Å². The van der Waals surface area contributed by atoms with Crippen LogP contribution in [0.15, 0.2) is 27.8 Å². The minimum Gasteiger partial charge on any atom is -0.383 e. The van der Waals surface area contributed by atoms with Crippen molar-refractivity contribution < 1.29 is 13.2 Å². The minimum absolute atomic E-state index is 0.132. The van der Waals surface area contributed by atoms with E-state index in [0.717, 1.165) is 0 Å². The average molecular weight is 295 g/mol. The zero-order valence-corrected chi connectivity index (χ0v) is 10.5. The van der Waals surface area contributed by atoms with E-state index in [1.807, 2.05) is 0 Å². The Morgan fingerprint density at radius 3 is 2.87 bits per heavy atom. The van der Waals surface area contributed by atoms with E-state index in [4.69, 9.17) is 4.74 Å². The summed E-state index contributed by atoms with van der Waals surface area (Å²) in [6, 6.07) is 1.49. The van der Waals surface area contributed by atoms with Crippen LogP contribution in [0, 0.1) is 0 Å². The van der Waals surface area contributed by atoms with Crippen molar-refractivity contribution in [3.63, 3.8) is 0 Å². The van der Waals surface area contributed by atoms with Crippen molar-refractivity contribution in [2.45, 2.75) is 4.90 Å². The van der Waals surface area contributed by atoms with Crippen LogP contribution in [0.25, 0.3) is 0 Å². The van der Waals surface area contributed by atoms with Crippen LogP contribution in [0.1, 0.15) is 0 Å². The van der Waals surface area contributed by atoms with Gasteiger partial charge in [0.15, 0.2) is 0 Å². The molecule has 0 aliphatic rings. The normalized spacial score (nSPS) is 11.6. The molecule has 0 aliphatic carbocycles. The fourth-order valence-corrected chi connectivity index (χ4v) is 2.42. The van der Waals surface area contributed by atoms with E-state index in [0.29, 0.717) is 11.1 Å². The summed E-state index contributed by atoms with van der Waals surface area (Å²) in [6.07, 6.45) is 2.81. The van der Waals surface area contributed by atoms with Gasteiger partial charge in [-0.05, 0) is 22.0 Å². The van der Waals surface area contributed by atoms with Crippen LogP contribution in [0.2, 0.25) is 0 Å². The molecule has 0 amide bonds. The molecule has 15 heavy (non-hydrogen) atoms. The highest BCUT2D eigenvalue weighted by atomic mass is 79.9. The highest BCUT2D eigenvalue weighted by Gasteiger charge is 2.13. The van der Waals surface area contributed by atoms with E-state index < -0.39 is 10.0 Å². The molecule has 1 aromatic heterocycles. The molecule has 0 saturated heterocycles. The second kappa shape index (κ2) is 5.55. The van der Waals surface area contributed by atoms with Crippen molar-refractivity contribution in [1.82, 2.24) is 9.71 Å². The Morgan fingerprint density at radius 2 is 2.27 bits per heavy atom. The molecule has 0 unspecified atom stereocenters. The van der Waals surface area contributed by atoms with Crippen LogP contribution in [0.4, 0.5) is 0 Å². The maximum atomic E-state index is 11.6. The van der Waals surface area contributed by atoms with Crippen LogP contribution in [0.3, 0.4) is 0 Å². The van der Waals surface area contributed by atoms with Gasteiger partial charge in [0.25, 0.3) is 0 Å². The molecule has 0 atom stereocenters. The molecule has 0 bridgehead atoms. The number of methoxy groups -OCH3 is 1. The summed E-state index contributed by atoms with van der Waals surface area (Å²) in [5, 5.41) is 0. The Balaban J connectivity index is 2.77. The van der Waals surface area contributed by atoms with Gasteiger partial charge in [-0.15, -0.1) is 0 Å². The lowest BCUT2D eigenvalue weighted by Crippen LogP contribution is -2.27. The van der Waals surface area contributed by atoms with Gasteiger partial charge in [0.05, 0.1) is 6.61 Å². The summed E-state index contributed by atoms with van der Waals surface area (Å²) in [5.41, 5.74) is 0. The average Bonchev–Trinajstić information content (AvgIpc) is 2.18. The zero-order valence-electron chi connectivity index (χ0n) is 8.10. The fraction of sp³-hybridized carbons (Fsp3) is 0.375. The number of ether oxygens (including phenoxy) is 1. The Labute approximate surface area is 97.0 Å². The number of nitrogens with zero attached hydrogens (tertiary/aromatic N) is 1. The van der Waals surface area contributed by atoms with E-state index in [2.05, 4.69) is 25.6 Å². The van der Waals surface area contributed by atoms with Gasteiger partial charge in [0.1, 0.15) is 4.90 Å². The van der Waals surface area contributed by atoms with Crippen molar-refractivity contribution in [1.29, 1.82) is 0 Å². The van der Waals surface area contributed by atoms with Gasteiger partial charge in [0.2, 0.25) is 10.0 Å². The lowest BCUT2D eigenvalue weighted by atomic mass is 10.5. The number of aromatic nitrogens is 1. The topological polar surface area (TPSA) is 68.3 Å². The Hall–Kier alpha value is -0.500. The number of pyridine rings is 1. The quantitative estimate of drug-likeness (QED) is 0.815. The maximum Gasteiger partial charge on any atom is 0.242 e. The molecule has 1 rings (SSSR count). The number of sulfonamides is 1. The van der Waals surface area contributed by atoms with E-state index in [1.54, 1.807) is 0 Å². The zero-order chi connectivity index (χ0) is 11.3. The third-order valence-electron chi connectivity index (χ3n) is 1.59. The number of hydrogen-bond acceptors (Lipinski definition) is 4. The van der Waals surface area contributed by atoms with E-state index in [1.165, 1.54) is 25.6 Å². The predicted molar refractivity (Wildman–Crippen MR) is 59.0 cm³/mol. The molecule has 1 heterocycles. The van der Waals surface area contributed by atoms with Crippen molar-refractivity contribution in [3.05, 3.63) is 22.9 Å². The van der Waals surface area contributed by atoms with Crippen molar-refractivity contribution in [2.24, 2.45) is 0 Å². The first-order valence-corrected chi connectivity index (χ1v) is 6.43. The third-order valence-corrected chi connectivity index (χ3v) is 3.45. The van der Waals surface area contributed by atoms with E-state index in [-0.39, 0.29) is 11.4 Å². The van der Waals surface area contributed by atoms with Crippen LogP contribution in [-0.2, 0) is 14.8 Å². The van der Waals surface area contributed by atoms with Gasteiger partial charge in [-0.3, -0.25) is 4.98 Å². The largest absolute Gasteiger partial charge is 0.383 e. The molecule has 1 aromatic rings. The van der Waals surface area contributed by atoms with Gasteiger partial charge in [-0.2, -0.15) is 0 Å². The molecule has 0 fully saturated rings. The van der Waals surface area contributed by atoms with Gasteiger partial charge in [-0.25, -0.2) is 13.1 Å². The fourth-order valence-electron chi connectivity index (χ4n) is 0.901. The standard InChI is InChI=1S/C8H11BrN2O3S/c1-14-3-2-11-15(12,13)8-4-7(9)5-10-6-8/h4-6,11H,2-3H2,1H3. The molecular weight excluding hydrogens is 284 g/mol. The predicted octanol–water partition coefficient (Wildman–Crippen LogP) is 0.769. The smallest absolute Gasteiger partial charge is 0.242 e. The SMILES string of the molecule is COCCNS(=O)(=O)c1cncc(Br)c1. The molecule has 5 nitrogen and oxygen atoms in total. The molecule has 0 aliphatic heterocycles. The number of rotatable bonds is 5. The molecule has 1 N–H and O–H groups in total. The van der Waals surface area contributed by atoms with Crippen molar-refractivity contribution in [2.75, 3.05) is 20.3 Å². The van der Waals surface area contributed by atoms with Crippen molar-refractivity contribution >= 4 is 26.0 Å². The first kappa shape index (κ1) is 12.6. The number of nitrogens with one attached hydrogen (secondary N) is 1. The highest BCUT2D eigenvalue weighted by molar-refractivity contribution is 9.10. The molecule has 0 spiro atoms. The Morgan fingerprint density at radius 1 is 1.53 bits per heavy atom. The molecular formula is C8H11BrN2O3S. The summed E-state index contributed by atoms with van der Waals surface area (Å²) in [5.74, 6) is 0. The number of halogens is 1. The van der Waals surface area contributed by atoms with Gasteiger partial charge in [-0.1, -0.05) is 0 Å². The molecule has 0 saturated carbocycles. The van der Waals surface area contributed by atoms with Crippen LogP contribution in [-0.4, -0.2) is 33.7 Å². The maximum absolute atomic E-state index is 11.6. The second-order valence-corrected chi connectivity index (χ2v) is 5.41. The lowest BCUT2D eigenvalue weighted by Gasteiger charge is -2.05. The number of hydrogen-bond donors (Lipinski definition) is 1. The van der Waals surface area contributed by atoms with E-state index in [9.17, 15) is 8.42 Å². The van der Waals surface area contributed by atoms with Crippen molar-refractivity contribution in [3.8, 4) is 0 Å². The summed E-state index contributed by atoms with van der Waals surface area (Å²) in [6.45, 7) is 0.575. The summed E-state index contributed by atoms with van der Waals surface area (Å²) < 4.78 is 31.0. The summed E-state index contributed by atoms with van der Waals surface area (Å²) in [7, 11) is -1.97. The molecule has 84 valence electrons. The van der Waals surface area contributed by atoms with Gasteiger partial charge >= 0.3 is 0 Å². The van der Waals surface area contributed by atoms with Crippen LogP contribution < -0.4 is 4.72 Å². The Kier molecular flexibility index (Phi) is 4.65. The van der Waals surface area contributed by atoms with Crippen LogP contribution >= 0.6 is 15.9 Å². The third kappa shape index (κ3) is 3.86. The second-order valence-electron chi connectivity index (χ2n) is 2.73. The van der Waals surface area contributed by atoms with Gasteiger partial charge < -0.3 is 4.74 Å². The molecule has 0 aromatic carbocycles. The Bertz CT molecular complexity index is 422.